The fourth-order valence-electron chi connectivity index (χ4n) is 4.40. The molecule has 174 valence electrons. The van der Waals surface area contributed by atoms with Gasteiger partial charge < -0.3 is 14.7 Å². The number of likely N-dealkylation sites (tertiary alicyclic amines) is 1. The fourth-order valence-corrected chi connectivity index (χ4v) is 4.40. The first-order valence-electron chi connectivity index (χ1n) is 11.5. The zero-order chi connectivity index (χ0) is 22.9. The Morgan fingerprint density at radius 2 is 1.56 bits per heavy atom. The second-order valence-electron chi connectivity index (χ2n) is 8.66. The molecule has 1 fully saturated rings. The zero-order valence-electron chi connectivity index (χ0n) is 18.7. The summed E-state index contributed by atoms with van der Waals surface area (Å²) in [5, 5.41) is 9.22. The maximum absolute atomic E-state index is 13.4. The van der Waals surface area contributed by atoms with Gasteiger partial charge >= 0.3 is 5.97 Å². The van der Waals surface area contributed by atoms with Gasteiger partial charge in [0.2, 0.25) is 0 Å². The molecule has 0 aliphatic carbocycles. The first kappa shape index (κ1) is 24.3. The SMILES string of the molecule is CCC(CCC1CCN(CCOC(c2ccc(F)cc2)c2ccc(F)cc2)CC1)C(=O)O. The van der Waals surface area contributed by atoms with Crippen molar-refractivity contribution in [3.63, 3.8) is 0 Å². The molecule has 4 nitrogen and oxygen atoms in total. The third kappa shape index (κ3) is 7.10. The van der Waals surface area contributed by atoms with Crippen molar-refractivity contribution in [2.45, 2.75) is 45.1 Å². The van der Waals surface area contributed by atoms with Gasteiger partial charge in [-0.25, -0.2) is 8.78 Å². The van der Waals surface area contributed by atoms with E-state index < -0.39 is 5.97 Å². The Labute approximate surface area is 189 Å². The van der Waals surface area contributed by atoms with E-state index in [1.54, 1.807) is 24.3 Å². The Bertz CT molecular complexity index is 788. The van der Waals surface area contributed by atoms with E-state index in [1.807, 2.05) is 6.92 Å². The Balaban J connectivity index is 1.48. The molecule has 0 radical (unpaired) electrons. The molecule has 1 saturated heterocycles. The summed E-state index contributed by atoms with van der Waals surface area (Å²) >= 11 is 0. The highest BCUT2D eigenvalue weighted by Gasteiger charge is 2.23. The predicted octanol–water partition coefficient (Wildman–Crippen LogP) is 5.67. The van der Waals surface area contributed by atoms with Crippen molar-refractivity contribution in [1.29, 1.82) is 0 Å². The summed E-state index contributed by atoms with van der Waals surface area (Å²) in [6, 6.07) is 12.5. The molecule has 1 heterocycles. The number of halogens is 2. The highest BCUT2D eigenvalue weighted by molar-refractivity contribution is 5.69. The smallest absolute Gasteiger partial charge is 0.306 e. The minimum Gasteiger partial charge on any atom is -0.481 e. The number of ether oxygens (including phenoxy) is 1. The van der Waals surface area contributed by atoms with Gasteiger partial charge in [0.25, 0.3) is 0 Å². The van der Waals surface area contributed by atoms with E-state index in [0.29, 0.717) is 18.9 Å². The van der Waals surface area contributed by atoms with Gasteiger partial charge in [0.1, 0.15) is 17.7 Å². The lowest BCUT2D eigenvalue weighted by Crippen LogP contribution is -2.36. The van der Waals surface area contributed by atoms with E-state index >= 15 is 0 Å². The van der Waals surface area contributed by atoms with Crippen LogP contribution in [0, 0.1) is 23.5 Å². The van der Waals surface area contributed by atoms with E-state index in [2.05, 4.69) is 4.90 Å². The number of aliphatic carboxylic acids is 1. The minimum absolute atomic E-state index is 0.226. The number of carbonyl (C=O) groups is 1. The molecule has 1 aliphatic heterocycles. The molecule has 0 amide bonds. The van der Waals surface area contributed by atoms with E-state index in [4.69, 9.17) is 4.74 Å². The molecule has 0 saturated carbocycles. The van der Waals surface area contributed by atoms with Gasteiger partial charge in [-0.3, -0.25) is 4.79 Å². The highest BCUT2D eigenvalue weighted by Crippen LogP contribution is 2.28. The summed E-state index contributed by atoms with van der Waals surface area (Å²) in [4.78, 5) is 13.6. The molecule has 0 spiro atoms. The lowest BCUT2D eigenvalue weighted by atomic mass is 9.88. The first-order chi connectivity index (χ1) is 15.5. The standard InChI is InChI=1S/C26H33F2NO3/c1-2-20(26(30)31)4-3-19-13-15-29(16-14-19)17-18-32-25(21-5-9-23(27)10-6-21)22-7-11-24(28)12-8-22/h5-12,19-20,25H,2-4,13-18H2,1H3,(H,30,31). The van der Waals surface area contributed by atoms with E-state index in [-0.39, 0.29) is 23.7 Å². The Morgan fingerprint density at radius 1 is 1.03 bits per heavy atom. The third-order valence-electron chi connectivity index (χ3n) is 6.51. The van der Waals surface area contributed by atoms with Crippen molar-refractivity contribution in [3.8, 4) is 0 Å². The zero-order valence-corrected chi connectivity index (χ0v) is 18.7. The van der Waals surface area contributed by atoms with Crippen LogP contribution in [-0.2, 0) is 9.53 Å². The predicted molar refractivity (Wildman–Crippen MR) is 120 cm³/mol. The molecule has 1 N–H and O–H groups in total. The molecule has 1 aliphatic rings. The van der Waals surface area contributed by atoms with Crippen LogP contribution in [0.1, 0.15) is 56.3 Å². The van der Waals surface area contributed by atoms with Crippen LogP contribution in [0.5, 0.6) is 0 Å². The van der Waals surface area contributed by atoms with Crippen LogP contribution in [-0.4, -0.2) is 42.2 Å². The number of carboxylic acids is 1. The average molecular weight is 446 g/mol. The van der Waals surface area contributed by atoms with Crippen molar-refractivity contribution in [2.75, 3.05) is 26.2 Å². The van der Waals surface area contributed by atoms with Crippen LogP contribution in [0.2, 0.25) is 0 Å². The van der Waals surface area contributed by atoms with Crippen LogP contribution in [0.25, 0.3) is 0 Å². The molecule has 2 aromatic carbocycles. The molecule has 1 unspecified atom stereocenters. The second-order valence-corrected chi connectivity index (χ2v) is 8.66. The van der Waals surface area contributed by atoms with Crippen molar-refractivity contribution in [2.24, 2.45) is 11.8 Å². The van der Waals surface area contributed by atoms with Crippen molar-refractivity contribution in [1.82, 2.24) is 4.90 Å². The Morgan fingerprint density at radius 3 is 2.03 bits per heavy atom. The second kappa shape index (κ2) is 12.1. The van der Waals surface area contributed by atoms with E-state index in [0.717, 1.165) is 56.4 Å². The normalized spacial score (nSPS) is 16.4. The summed E-state index contributed by atoms with van der Waals surface area (Å²) in [5.41, 5.74) is 1.67. The number of carboxylic acid groups (broad SMARTS) is 1. The van der Waals surface area contributed by atoms with Gasteiger partial charge in [-0.05, 0) is 86.5 Å². The van der Waals surface area contributed by atoms with Crippen LogP contribution in [0.3, 0.4) is 0 Å². The van der Waals surface area contributed by atoms with Crippen LogP contribution in [0.4, 0.5) is 8.78 Å². The maximum Gasteiger partial charge on any atom is 0.306 e. The third-order valence-corrected chi connectivity index (χ3v) is 6.51. The number of benzene rings is 2. The first-order valence-corrected chi connectivity index (χ1v) is 11.5. The average Bonchev–Trinajstić information content (AvgIpc) is 2.79. The number of piperidine rings is 1. The summed E-state index contributed by atoms with van der Waals surface area (Å²) in [6.45, 7) is 5.21. The number of hydrogen-bond donors (Lipinski definition) is 1. The molecule has 0 aromatic heterocycles. The van der Waals surface area contributed by atoms with Gasteiger partial charge in [-0.1, -0.05) is 31.2 Å². The maximum atomic E-state index is 13.4. The summed E-state index contributed by atoms with van der Waals surface area (Å²) in [7, 11) is 0. The fraction of sp³-hybridized carbons (Fsp3) is 0.500. The topological polar surface area (TPSA) is 49.8 Å². The summed E-state index contributed by atoms with van der Waals surface area (Å²) in [6.07, 6.45) is 4.21. The Kier molecular flexibility index (Phi) is 9.18. The highest BCUT2D eigenvalue weighted by atomic mass is 19.1. The van der Waals surface area contributed by atoms with Crippen molar-refractivity contribution < 1.29 is 23.4 Å². The van der Waals surface area contributed by atoms with Gasteiger partial charge in [-0.15, -0.1) is 0 Å². The lowest BCUT2D eigenvalue weighted by Gasteiger charge is -2.32. The van der Waals surface area contributed by atoms with E-state index in [1.165, 1.54) is 24.3 Å². The molecule has 2 aromatic rings. The van der Waals surface area contributed by atoms with Crippen LogP contribution >= 0.6 is 0 Å². The van der Waals surface area contributed by atoms with Gasteiger partial charge in [0.15, 0.2) is 0 Å². The number of nitrogens with zero attached hydrogens (tertiary/aromatic N) is 1. The van der Waals surface area contributed by atoms with Crippen molar-refractivity contribution >= 4 is 5.97 Å². The van der Waals surface area contributed by atoms with Crippen LogP contribution < -0.4 is 0 Å². The molecule has 1 atom stereocenters. The Hall–Kier alpha value is -2.31. The molecule has 6 heteroatoms. The molecular formula is C26H33F2NO3. The van der Waals surface area contributed by atoms with Gasteiger partial charge in [0, 0.05) is 6.54 Å². The number of hydrogen-bond acceptors (Lipinski definition) is 3. The van der Waals surface area contributed by atoms with E-state index in [9.17, 15) is 18.7 Å². The molecule has 0 bridgehead atoms. The van der Waals surface area contributed by atoms with Gasteiger partial charge in [0.05, 0.1) is 12.5 Å². The lowest BCUT2D eigenvalue weighted by molar-refractivity contribution is -0.142. The summed E-state index contributed by atoms with van der Waals surface area (Å²) in [5.74, 6) is -0.923. The van der Waals surface area contributed by atoms with Gasteiger partial charge in [-0.2, -0.15) is 0 Å². The minimum atomic E-state index is -0.682. The molecule has 32 heavy (non-hydrogen) atoms. The molecule has 3 rings (SSSR count). The largest absolute Gasteiger partial charge is 0.481 e. The summed E-state index contributed by atoms with van der Waals surface area (Å²) < 4.78 is 32.9. The monoisotopic (exact) mass is 445 g/mol. The quantitative estimate of drug-likeness (QED) is 0.484. The van der Waals surface area contributed by atoms with Crippen molar-refractivity contribution in [3.05, 3.63) is 71.3 Å². The van der Waals surface area contributed by atoms with Crippen LogP contribution in [0.15, 0.2) is 48.5 Å². The number of rotatable bonds is 11. The molecular weight excluding hydrogens is 412 g/mol.